The Bertz CT molecular complexity index is 290. The van der Waals surface area contributed by atoms with E-state index in [1.165, 1.54) is 0 Å². The van der Waals surface area contributed by atoms with Gasteiger partial charge in [-0.15, -0.1) is 0 Å². The summed E-state index contributed by atoms with van der Waals surface area (Å²) in [6.45, 7) is 0.344. The van der Waals surface area contributed by atoms with E-state index in [9.17, 15) is 13.2 Å². The smallest absolute Gasteiger partial charge is 0.396 e. The maximum Gasteiger partial charge on any atom is 0.401 e. The number of piperidine rings is 1. The van der Waals surface area contributed by atoms with Gasteiger partial charge in [0.05, 0.1) is 19.2 Å². The largest absolute Gasteiger partial charge is 0.401 e. The molecule has 1 fully saturated rings. The third kappa shape index (κ3) is 5.67. The van der Waals surface area contributed by atoms with E-state index in [0.717, 1.165) is 0 Å². The molecule has 0 radical (unpaired) electrons. The number of nitrogens with one attached hydrogen (secondary N) is 1. The number of hydrogen-bond donors (Lipinski definition) is 2. The molecule has 1 saturated heterocycles. The third-order valence-electron chi connectivity index (χ3n) is 3.04. The van der Waals surface area contributed by atoms with Crippen molar-refractivity contribution in [2.24, 2.45) is 5.92 Å². The molecule has 0 aromatic heterocycles. The molecule has 0 amide bonds. The van der Waals surface area contributed by atoms with Crippen molar-refractivity contribution in [2.45, 2.75) is 25.1 Å². The predicted octanol–water partition coefficient (Wildman–Crippen LogP) is 0.735. The van der Waals surface area contributed by atoms with Crippen LogP contribution in [0.4, 0.5) is 13.2 Å². The molecule has 0 saturated carbocycles. The van der Waals surface area contributed by atoms with Gasteiger partial charge in [-0.05, 0) is 18.8 Å². The predicted molar refractivity (Wildman–Crippen MR) is 59.7 cm³/mol. The Morgan fingerprint density at radius 2 is 2.11 bits per heavy atom. The van der Waals surface area contributed by atoms with Gasteiger partial charge in [-0.3, -0.25) is 4.90 Å². The van der Waals surface area contributed by atoms with Crippen LogP contribution in [-0.4, -0.2) is 55.0 Å². The number of aliphatic hydroxyl groups excluding tert-OH is 1. The van der Waals surface area contributed by atoms with E-state index in [2.05, 4.69) is 5.32 Å². The number of nitriles is 1. The Hall–Kier alpha value is -0.840. The molecule has 0 spiro atoms. The molecule has 0 bridgehead atoms. The molecular weight excluding hydrogens is 247 g/mol. The first-order valence-corrected chi connectivity index (χ1v) is 5.95. The molecule has 104 valence electrons. The Morgan fingerprint density at radius 3 is 2.67 bits per heavy atom. The SMILES string of the molecule is N#CCN1CC(CCO)CC(NCC(F)(F)F)C1. The highest BCUT2D eigenvalue weighted by Crippen LogP contribution is 2.21. The summed E-state index contributed by atoms with van der Waals surface area (Å²) in [5.41, 5.74) is 0. The van der Waals surface area contributed by atoms with Crippen LogP contribution in [0.1, 0.15) is 12.8 Å². The number of halogens is 3. The van der Waals surface area contributed by atoms with Crippen LogP contribution < -0.4 is 5.32 Å². The second-order valence-electron chi connectivity index (χ2n) is 4.66. The fourth-order valence-electron chi connectivity index (χ4n) is 2.33. The monoisotopic (exact) mass is 265 g/mol. The van der Waals surface area contributed by atoms with E-state index in [-0.39, 0.29) is 25.1 Å². The quantitative estimate of drug-likeness (QED) is 0.720. The topological polar surface area (TPSA) is 59.3 Å². The van der Waals surface area contributed by atoms with Crippen LogP contribution in [0.2, 0.25) is 0 Å². The molecular formula is C11H18F3N3O. The minimum Gasteiger partial charge on any atom is -0.396 e. The summed E-state index contributed by atoms with van der Waals surface area (Å²) >= 11 is 0. The first-order chi connectivity index (χ1) is 8.44. The number of rotatable bonds is 5. The molecule has 1 aliphatic rings. The Labute approximate surface area is 104 Å². The fourth-order valence-corrected chi connectivity index (χ4v) is 2.33. The molecule has 1 aliphatic heterocycles. The minimum absolute atomic E-state index is 0.0249. The standard InChI is InChI=1S/C11H18F3N3O/c12-11(13,14)8-16-10-5-9(1-4-18)6-17(7-10)3-2-15/h9-10,16,18H,1,3-8H2. The lowest BCUT2D eigenvalue weighted by Gasteiger charge is -2.37. The first-order valence-electron chi connectivity index (χ1n) is 5.95. The number of alkyl halides is 3. The molecule has 1 rings (SSSR count). The van der Waals surface area contributed by atoms with E-state index in [4.69, 9.17) is 10.4 Å². The second-order valence-corrected chi connectivity index (χ2v) is 4.66. The van der Waals surface area contributed by atoms with Crippen LogP contribution >= 0.6 is 0 Å². The fraction of sp³-hybridized carbons (Fsp3) is 0.909. The molecule has 7 heteroatoms. The van der Waals surface area contributed by atoms with E-state index < -0.39 is 12.7 Å². The minimum atomic E-state index is -4.22. The van der Waals surface area contributed by atoms with E-state index >= 15 is 0 Å². The van der Waals surface area contributed by atoms with Crippen LogP contribution in [0, 0.1) is 17.2 Å². The van der Waals surface area contributed by atoms with Crippen molar-refractivity contribution >= 4 is 0 Å². The normalized spacial score (nSPS) is 25.9. The molecule has 0 aliphatic carbocycles. The van der Waals surface area contributed by atoms with Gasteiger partial charge in [0.25, 0.3) is 0 Å². The maximum absolute atomic E-state index is 12.1. The molecule has 18 heavy (non-hydrogen) atoms. The number of likely N-dealkylation sites (tertiary alicyclic amines) is 1. The lowest BCUT2D eigenvalue weighted by molar-refractivity contribution is -0.127. The summed E-state index contributed by atoms with van der Waals surface area (Å²) in [5.74, 6) is 0.142. The average molecular weight is 265 g/mol. The van der Waals surface area contributed by atoms with Gasteiger partial charge in [0, 0.05) is 25.7 Å². The van der Waals surface area contributed by atoms with Gasteiger partial charge in [-0.2, -0.15) is 18.4 Å². The zero-order valence-electron chi connectivity index (χ0n) is 10.1. The van der Waals surface area contributed by atoms with Crippen LogP contribution in [-0.2, 0) is 0 Å². The zero-order valence-corrected chi connectivity index (χ0v) is 10.1. The van der Waals surface area contributed by atoms with Crippen molar-refractivity contribution in [3.8, 4) is 6.07 Å². The summed E-state index contributed by atoms with van der Waals surface area (Å²) < 4.78 is 36.4. The lowest BCUT2D eigenvalue weighted by Crippen LogP contribution is -2.51. The highest BCUT2D eigenvalue weighted by Gasteiger charge is 2.31. The Balaban J connectivity index is 2.48. The summed E-state index contributed by atoms with van der Waals surface area (Å²) in [6, 6.07) is 1.73. The van der Waals surface area contributed by atoms with Gasteiger partial charge in [-0.25, -0.2) is 0 Å². The van der Waals surface area contributed by atoms with Crippen molar-refractivity contribution in [1.29, 1.82) is 5.26 Å². The second kappa shape index (κ2) is 6.92. The molecule has 2 unspecified atom stereocenters. The molecule has 4 nitrogen and oxygen atoms in total. The summed E-state index contributed by atoms with van der Waals surface area (Å²) in [7, 11) is 0. The molecule has 1 heterocycles. The Morgan fingerprint density at radius 1 is 1.39 bits per heavy atom. The molecule has 0 aromatic carbocycles. The van der Waals surface area contributed by atoms with Gasteiger partial charge < -0.3 is 10.4 Å². The molecule has 2 N–H and O–H groups in total. The molecule has 2 atom stereocenters. The summed E-state index contributed by atoms with van der Waals surface area (Å²) in [4.78, 5) is 1.83. The van der Waals surface area contributed by atoms with Crippen molar-refractivity contribution in [3.63, 3.8) is 0 Å². The van der Waals surface area contributed by atoms with Crippen molar-refractivity contribution < 1.29 is 18.3 Å². The molecule has 0 aromatic rings. The summed E-state index contributed by atoms with van der Waals surface area (Å²) in [5, 5.41) is 20.0. The van der Waals surface area contributed by atoms with Gasteiger partial charge >= 0.3 is 6.18 Å². The number of hydrogen-bond acceptors (Lipinski definition) is 4. The van der Waals surface area contributed by atoms with Gasteiger partial charge in [0.2, 0.25) is 0 Å². The van der Waals surface area contributed by atoms with Gasteiger partial charge in [0.15, 0.2) is 0 Å². The number of aliphatic hydroxyl groups is 1. The third-order valence-corrected chi connectivity index (χ3v) is 3.04. The van der Waals surface area contributed by atoms with Crippen molar-refractivity contribution in [1.82, 2.24) is 10.2 Å². The first kappa shape index (κ1) is 15.2. The van der Waals surface area contributed by atoms with Crippen molar-refractivity contribution in [3.05, 3.63) is 0 Å². The van der Waals surface area contributed by atoms with E-state index in [0.29, 0.717) is 25.9 Å². The van der Waals surface area contributed by atoms with Crippen LogP contribution in [0.25, 0.3) is 0 Å². The van der Waals surface area contributed by atoms with Crippen LogP contribution in [0.3, 0.4) is 0 Å². The maximum atomic E-state index is 12.1. The summed E-state index contributed by atoms with van der Waals surface area (Å²) in [6.07, 6.45) is -3.05. The van der Waals surface area contributed by atoms with Crippen molar-refractivity contribution in [2.75, 3.05) is 32.8 Å². The zero-order chi connectivity index (χ0) is 13.6. The van der Waals surface area contributed by atoms with Gasteiger partial charge in [-0.1, -0.05) is 0 Å². The Kier molecular flexibility index (Phi) is 5.85. The number of nitrogens with zero attached hydrogens (tertiary/aromatic N) is 2. The highest BCUT2D eigenvalue weighted by molar-refractivity contribution is 4.88. The van der Waals surface area contributed by atoms with E-state index in [1.54, 1.807) is 0 Å². The average Bonchev–Trinajstić information content (AvgIpc) is 2.26. The highest BCUT2D eigenvalue weighted by atomic mass is 19.4. The van der Waals surface area contributed by atoms with Crippen LogP contribution in [0.5, 0.6) is 0 Å². The van der Waals surface area contributed by atoms with Gasteiger partial charge in [0.1, 0.15) is 0 Å². The lowest BCUT2D eigenvalue weighted by atomic mass is 9.91. The van der Waals surface area contributed by atoms with Crippen LogP contribution in [0.15, 0.2) is 0 Å². The van der Waals surface area contributed by atoms with E-state index in [1.807, 2.05) is 11.0 Å².